The summed E-state index contributed by atoms with van der Waals surface area (Å²) in [6.07, 6.45) is -0.277. The van der Waals surface area contributed by atoms with Gasteiger partial charge in [-0.2, -0.15) is 0 Å². The summed E-state index contributed by atoms with van der Waals surface area (Å²) in [7, 11) is -3.72. The van der Waals surface area contributed by atoms with Crippen molar-refractivity contribution in [3.8, 4) is 0 Å². The molecule has 0 spiro atoms. The van der Waals surface area contributed by atoms with Crippen LogP contribution in [0.5, 0.6) is 0 Å². The molecule has 172 valence electrons. The van der Waals surface area contributed by atoms with Crippen molar-refractivity contribution in [2.24, 2.45) is 0 Å². The quantitative estimate of drug-likeness (QED) is 0.344. The molecule has 0 aromatic heterocycles. The van der Waals surface area contributed by atoms with E-state index in [2.05, 4.69) is 15.4 Å². The van der Waals surface area contributed by atoms with E-state index in [1.165, 1.54) is 24.3 Å². The van der Waals surface area contributed by atoms with Gasteiger partial charge in [-0.15, -0.1) is 0 Å². The summed E-state index contributed by atoms with van der Waals surface area (Å²) in [5, 5.41) is 14.9. The fourth-order valence-electron chi connectivity index (χ4n) is 3.06. The van der Waals surface area contributed by atoms with Crippen molar-refractivity contribution in [1.82, 2.24) is 10.0 Å². The Balaban J connectivity index is 1.54. The molecule has 9 heteroatoms. The first-order valence-corrected chi connectivity index (χ1v) is 11.8. The number of aliphatic carboxylic acids is 1. The third-order valence-electron chi connectivity index (χ3n) is 4.84. The van der Waals surface area contributed by atoms with Crippen LogP contribution in [0.4, 0.5) is 5.69 Å². The average molecular weight is 468 g/mol. The second kappa shape index (κ2) is 11.4. The van der Waals surface area contributed by atoms with Gasteiger partial charge in [-0.05, 0) is 35.4 Å². The SMILES string of the molecule is O=C(CC(NCc1ccccc1)C(=O)O)Nc1ccc(S(=O)(=O)NCc2ccccc2)cc1. The van der Waals surface area contributed by atoms with Crippen LogP contribution in [0, 0.1) is 0 Å². The molecule has 3 aromatic rings. The van der Waals surface area contributed by atoms with Crippen LogP contribution in [0.15, 0.2) is 89.8 Å². The van der Waals surface area contributed by atoms with Gasteiger partial charge in [0.25, 0.3) is 0 Å². The van der Waals surface area contributed by atoms with Gasteiger partial charge in [0.1, 0.15) is 6.04 Å². The summed E-state index contributed by atoms with van der Waals surface area (Å²) in [6, 6.07) is 23.0. The number of benzene rings is 3. The van der Waals surface area contributed by atoms with Crippen LogP contribution in [-0.4, -0.2) is 31.4 Å². The zero-order chi connectivity index (χ0) is 23.7. The minimum atomic E-state index is -3.72. The first-order chi connectivity index (χ1) is 15.8. The molecule has 0 bridgehead atoms. The monoisotopic (exact) mass is 467 g/mol. The Bertz CT molecular complexity index is 1170. The van der Waals surface area contributed by atoms with E-state index in [1.807, 2.05) is 60.7 Å². The van der Waals surface area contributed by atoms with Gasteiger partial charge in [0.15, 0.2) is 0 Å². The number of anilines is 1. The number of amides is 1. The van der Waals surface area contributed by atoms with Gasteiger partial charge < -0.3 is 10.4 Å². The molecule has 4 N–H and O–H groups in total. The maximum Gasteiger partial charge on any atom is 0.321 e. The maximum atomic E-state index is 12.5. The third kappa shape index (κ3) is 7.53. The molecule has 1 unspecified atom stereocenters. The minimum Gasteiger partial charge on any atom is -0.480 e. The molecule has 0 aliphatic heterocycles. The van der Waals surface area contributed by atoms with Gasteiger partial charge in [-0.1, -0.05) is 60.7 Å². The molecule has 0 saturated carbocycles. The van der Waals surface area contributed by atoms with Gasteiger partial charge in [0.2, 0.25) is 15.9 Å². The van der Waals surface area contributed by atoms with E-state index >= 15 is 0 Å². The molecule has 33 heavy (non-hydrogen) atoms. The van der Waals surface area contributed by atoms with Crippen molar-refractivity contribution in [2.75, 3.05) is 5.32 Å². The molecule has 8 nitrogen and oxygen atoms in total. The molecule has 0 aliphatic rings. The lowest BCUT2D eigenvalue weighted by Gasteiger charge is -2.15. The van der Waals surface area contributed by atoms with Crippen LogP contribution in [-0.2, 0) is 32.7 Å². The number of nitrogens with one attached hydrogen (secondary N) is 3. The summed E-state index contributed by atoms with van der Waals surface area (Å²) >= 11 is 0. The molecule has 1 atom stereocenters. The normalized spacial score (nSPS) is 12.1. The van der Waals surface area contributed by atoms with Crippen molar-refractivity contribution in [3.05, 3.63) is 96.1 Å². The standard InChI is InChI=1S/C24H25N3O5S/c28-23(15-22(24(29)30)25-16-18-7-3-1-4-8-18)27-20-11-13-21(14-12-20)33(31,32)26-17-19-9-5-2-6-10-19/h1-14,22,25-26H,15-17H2,(H,27,28)(H,29,30). The van der Waals surface area contributed by atoms with Gasteiger partial charge in [-0.3, -0.25) is 14.9 Å². The van der Waals surface area contributed by atoms with Crippen molar-refractivity contribution < 1.29 is 23.1 Å². The molecule has 0 aliphatic carbocycles. The molecule has 3 rings (SSSR count). The summed E-state index contributed by atoms with van der Waals surface area (Å²) in [4.78, 5) is 23.9. The summed E-state index contributed by atoms with van der Waals surface area (Å²) < 4.78 is 27.5. The highest BCUT2D eigenvalue weighted by atomic mass is 32.2. The van der Waals surface area contributed by atoms with Crippen LogP contribution in [0.3, 0.4) is 0 Å². The molecule has 0 heterocycles. The number of carbonyl (C=O) groups is 2. The Morgan fingerprint density at radius 1 is 0.788 bits per heavy atom. The first kappa shape index (κ1) is 24.1. The predicted molar refractivity (Wildman–Crippen MR) is 125 cm³/mol. The van der Waals surface area contributed by atoms with Crippen LogP contribution in [0.25, 0.3) is 0 Å². The minimum absolute atomic E-state index is 0.0596. The molecular weight excluding hydrogens is 442 g/mol. The van der Waals surface area contributed by atoms with E-state index in [0.717, 1.165) is 11.1 Å². The van der Waals surface area contributed by atoms with Crippen LogP contribution < -0.4 is 15.4 Å². The van der Waals surface area contributed by atoms with Crippen LogP contribution in [0.2, 0.25) is 0 Å². The molecular formula is C24H25N3O5S. The number of rotatable bonds is 11. The highest BCUT2D eigenvalue weighted by Gasteiger charge is 2.21. The fourth-order valence-corrected chi connectivity index (χ4v) is 4.07. The maximum absolute atomic E-state index is 12.5. The lowest BCUT2D eigenvalue weighted by Crippen LogP contribution is -2.39. The number of carboxylic acids is 1. The second-order valence-corrected chi connectivity index (χ2v) is 9.11. The molecule has 3 aromatic carbocycles. The molecule has 0 fully saturated rings. The topological polar surface area (TPSA) is 125 Å². The summed E-state index contributed by atoms with van der Waals surface area (Å²) in [5.74, 6) is -1.63. The Labute approximate surface area is 192 Å². The lowest BCUT2D eigenvalue weighted by molar-refractivity contribution is -0.141. The van der Waals surface area contributed by atoms with Crippen molar-refractivity contribution in [3.63, 3.8) is 0 Å². The number of carboxylic acid groups (broad SMARTS) is 1. The molecule has 0 radical (unpaired) electrons. The van der Waals surface area contributed by atoms with Crippen molar-refractivity contribution in [2.45, 2.75) is 30.4 Å². The number of sulfonamides is 1. The van der Waals surface area contributed by atoms with Gasteiger partial charge in [0.05, 0.1) is 11.3 Å². The Morgan fingerprint density at radius 3 is 1.88 bits per heavy atom. The van der Waals surface area contributed by atoms with Crippen LogP contribution >= 0.6 is 0 Å². The number of carbonyl (C=O) groups excluding carboxylic acids is 1. The van der Waals surface area contributed by atoms with Gasteiger partial charge in [0, 0.05) is 18.8 Å². The Morgan fingerprint density at radius 2 is 1.33 bits per heavy atom. The molecule has 1 amide bonds. The first-order valence-electron chi connectivity index (χ1n) is 10.3. The highest BCUT2D eigenvalue weighted by Crippen LogP contribution is 2.15. The van der Waals surface area contributed by atoms with Crippen molar-refractivity contribution >= 4 is 27.6 Å². The predicted octanol–water partition coefficient (Wildman–Crippen LogP) is 2.74. The highest BCUT2D eigenvalue weighted by molar-refractivity contribution is 7.89. The summed E-state index contributed by atoms with van der Waals surface area (Å²) in [5.41, 5.74) is 2.11. The Hall–Kier alpha value is -3.53. The zero-order valence-electron chi connectivity index (χ0n) is 17.8. The third-order valence-corrected chi connectivity index (χ3v) is 6.26. The van der Waals surface area contributed by atoms with E-state index in [-0.39, 0.29) is 17.9 Å². The summed E-state index contributed by atoms with van der Waals surface area (Å²) in [6.45, 7) is 0.474. The van der Waals surface area contributed by atoms with E-state index in [1.54, 1.807) is 0 Å². The van der Waals surface area contributed by atoms with Gasteiger partial charge in [-0.25, -0.2) is 13.1 Å². The fraction of sp³-hybridized carbons (Fsp3) is 0.167. The molecule has 0 saturated heterocycles. The smallest absolute Gasteiger partial charge is 0.321 e. The average Bonchev–Trinajstić information content (AvgIpc) is 2.82. The van der Waals surface area contributed by atoms with Crippen LogP contribution in [0.1, 0.15) is 17.5 Å². The second-order valence-electron chi connectivity index (χ2n) is 7.34. The Kier molecular flexibility index (Phi) is 8.31. The van der Waals surface area contributed by atoms with E-state index < -0.39 is 27.9 Å². The van der Waals surface area contributed by atoms with Crippen molar-refractivity contribution in [1.29, 1.82) is 0 Å². The van der Waals surface area contributed by atoms with E-state index in [0.29, 0.717) is 12.2 Å². The number of hydrogen-bond donors (Lipinski definition) is 4. The van der Waals surface area contributed by atoms with E-state index in [4.69, 9.17) is 0 Å². The zero-order valence-corrected chi connectivity index (χ0v) is 18.6. The van der Waals surface area contributed by atoms with E-state index in [9.17, 15) is 23.1 Å². The largest absolute Gasteiger partial charge is 0.480 e. The lowest BCUT2D eigenvalue weighted by atomic mass is 10.1. The van der Waals surface area contributed by atoms with Gasteiger partial charge >= 0.3 is 5.97 Å². The number of hydrogen-bond acceptors (Lipinski definition) is 5.